The van der Waals surface area contributed by atoms with E-state index in [0.29, 0.717) is 23.4 Å². The smallest absolute Gasteiger partial charge is 0.232 e. The van der Waals surface area contributed by atoms with Gasteiger partial charge in [-0.05, 0) is 44.9 Å². The molecular formula is C17H21ClN4O. The monoisotopic (exact) mass is 332 g/mol. The number of aromatic nitrogens is 3. The number of anilines is 1. The molecule has 2 aromatic heterocycles. The van der Waals surface area contributed by atoms with Crippen molar-refractivity contribution in [3.63, 3.8) is 0 Å². The summed E-state index contributed by atoms with van der Waals surface area (Å²) in [5.74, 6) is 1.75. The number of hydrogen-bond acceptors (Lipinski definition) is 5. The SMILES string of the molecule is Cc1cc(C)nc(N2CCCC(COc3ncccc3Cl)C2)n1. The number of piperidine rings is 1. The number of pyridine rings is 1. The first kappa shape index (κ1) is 16.0. The van der Waals surface area contributed by atoms with E-state index in [1.165, 1.54) is 0 Å². The molecule has 5 nitrogen and oxygen atoms in total. The highest BCUT2D eigenvalue weighted by Gasteiger charge is 2.23. The Bertz CT molecular complexity index is 659. The van der Waals surface area contributed by atoms with Crippen LogP contribution in [0.25, 0.3) is 0 Å². The van der Waals surface area contributed by atoms with E-state index in [1.54, 1.807) is 18.3 Å². The van der Waals surface area contributed by atoms with Gasteiger partial charge in [0.1, 0.15) is 5.02 Å². The second-order valence-electron chi connectivity index (χ2n) is 6.01. The number of ether oxygens (including phenoxy) is 1. The molecule has 1 unspecified atom stereocenters. The third-order valence-electron chi connectivity index (χ3n) is 3.95. The first-order valence-electron chi connectivity index (χ1n) is 7.92. The molecule has 0 spiro atoms. The summed E-state index contributed by atoms with van der Waals surface area (Å²) in [5.41, 5.74) is 2.01. The average molecular weight is 333 g/mol. The van der Waals surface area contributed by atoms with E-state index in [4.69, 9.17) is 16.3 Å². The summed E-state index contributed by atoms with van der Waals surface area (Å²) in [6.45, 7) is 6.51. The van der Waals surface area contributed by atoms with Crippen LogP contribution < -0.4 is 9.64 Å². The second-order valence-corrected chi connectivity index (χ2v) is 6.41. The van der Waals surface area contributed by atoms with Crippen molar-refractivity contribution in [2.45, 2.75) is 26.7 Å². The Hall–Kier alpha value is -1.88. The lowest BCUT2D eigenvalue weighted by Gasteiger charge is -2.32. The van der Waals surface area contributed by atoms with Crippen LogP contribution in [0, 0.1) is 19.8 Å². The van der Waals surface area contributed by atoms with Crippen molar-refractivity contribution in [2.75, 3.05) is 24.6 Å². The lowest BCUT2D eigenvalue weighted by atomic mass is 9.99. The van der Waals surface area contributed by atoms with Crippen molar-refractivity contribution in [1.29, 1.82) is 0 Å². The van der Waals surface area contributed by atoms with Crippen LogP contribution in [0.4, 0.5) is 5.95 Å². The first-order valence-corrected chi connectivity index (χ1v) is 8.30. The Kier molecular flexibility index (Phi) is 4.96. The van der Waals surface area contributed by atoms with E-state index < -0.39 is 0 Å². The minimum absolute atomic E-state index is 0.422. The van der Waals surface area contributed by atoms with Crippen LogP contribution in [0.15, 0.2) is 24.4 Å². The van der Waals surface area contributed by atoms with Crippen molar-refractivity contribution in [1.82, 2.24) is 15.0 Å². The van der Waals surface area contributed by atoms with Gasteiger partial charge >= 0.3 is 0 Å². The van der Waals surface area contributed by atoms with Crippen LogP contribution >= 0.6 is 11.6 Å². The van der Waals surface area contributed by atoms with Gasteiger partial charge in [-0.15, -0.1) is 0 Å². The highest BCUT2D eigenvalue weighted by molar-refractivity contribution is 6.31. The molecule has 3 heterocycles. The standard InChI is InChI=1S/C17H21ClN4O/c1-12-9-13(2)21-17(20-12)22-8-4-5-14(10-22)11-23-16-15(18)6-3-7-19-16/h3,6-7,9,14H,4-5,8,10-11H2,1-2H3. The molecule has 1 atom stereocenters. The molecule has 1 aliphatic rings. The molecule has 0 N–H and O–H groups in total. The van der Waals surface area contributed by atoms with Crippen LogP contribution in [-0.4, -0.2) is 34.6 Å². The highest BCUT2D eigenvalue weighted by atomic mass is 35.5. The van der Waals surface area contributed by atoms with E-state index in [9.17, 15) is 0 Å². The maximum absolute atomic E-state index is 6.08. The Balaban J connectivity index is 1.63. The number of halogens is 1. The van der Waals surface area contributed by atoms with Crippen molar-refractivity contribution < 1.29 is 4.74 Å². The second kappa shape index (κ2) is 7.13. The molecule has 6 heteroatoms. The lowest BCUT2D eigenvalue weighted by molar-refractivity contribution is 0.221. The number of aryl methyl sites for hydroxylation is 2. The summed E-state index contributed by atoms with van der Waals surface area (Å²) < 4.78 is 5.80. The highest BCUT2D eigenvalue weighted by Crippen LogP contribution is 2.24. The van der Waals surface area contributed by atoms with Gasteiger partial charge in [-0.2, -0.15) is 0 Å². The van der Waals surface area contributed by atoms with Gasteiger partial charge in [0.15, 0.2) is 0 Å². The molecule has 1 fully saturated rings. The van der Waals surface area contributed by atoms with Gasteiger partial charge in [0.2, 0.25) is 11.8 Å². The van der Waals surface area contributed by atoms with Gasteiger partial charge in [-0.3, -0.25) is 0 Å². The lowest BCUT2D eigenvalue weighted by Crippen LogP contribution is -2.39. The summed E-state index contributed by atoms with van der Waals surface area (Å²) in [6, 6.07) is 5.59. The first-order chi connectivity index (χ1) is 11.1. The van der Waals surface area contributed by atoms with E-state index >= 15 is 0 Å². The summed E-state index contributed by atoms with van der Waals surface area (Å²) in [6.07, 6.45) is 3.93. The van der Waals surface area contributed by atoms with Crippen molar-refractivity contribution in [3.05, 3.63) is 40.8 Å². The Labute approximate surface area is 141 Å². The third-order valence-corrected chi connectivity index (χ3v) is 4.24. The third kappa shape index (κ3) is 4.10. The molecule has 3 rings (SSSR count). The van der Waals surface area contributed by atoms with Crippen LogP contribution in [0.1, 0.15) is 24.2 Å². The Morgan fingerprint density at radius 3 is 2.83 bits per heavy atom. The predicted octanol–water partition coefficient (Wildman–Crippen LogP) is 3.44. The van der Waals surface area contributed by atoms with Gasteiger partial charge in [-0.1, -0.05) is 11.6 Å². The normalized spacial score (nSPS) is 18.0. The molecule has 0 aliphatic carbocycles. The molecule has 2 aromatic rings. The van der Waals surface area contributed by atoms with Gasteiger partial charge in [0.05, 0.1) is 6.61 Å². The minimum Gasteiger partial charge on any atom is -0.476 e. The van der Waals surface area contributed by atoms with Gasteiger partial charge in [0, 0.05) is 36.6 Å². The number of rotatable bonds is 4. The Morgan fingerprint density at radius 2 is 2.09 bits per heavy atom. The number of nitrogens with zero attached hydrogens (tertiary/aromatic N) is 4. The Morgan fingerprint density at radius 1 is 1.30 bits per heavy atom. The van der Waals surface area contributed by atoms with E-state index in [1.807, 2.05) is 19.9 Å². The molecule has 1 aliphatic heterocycles. The van der Waals surface area contributed by atoms with Crippen molar-refractivity contribution in [2.24, 2.45) is 5.92 Å². The van der Waals surface area contributed by atoms with E-state index in [-0.39, 0.29) is 0 Å². The fraction of sp³-hybridized carbons (Fsp3) is 0.471. The van der Waals surface area contributed by atoms with Gasteiger partial charge in [0.25, 0.3) is 0 Å². The summed E-state index contributed by atoms with van der Waals surface area (Å²) in [5, 5.41) is 0.554. The molecule has 0 radical (unpaired) electrons. The molecule has 0 aromatic carbocycles. The zero-order valence-corrected chi connectivity index (χ0v) is 14.3. The van der Waals surface area contributed by atoms with Crippen LogP contribution in [0.5, 0.6) is 5.88 Å². The molecule has 0 amide bonds. The topological polar surface area (TPSA) is 51.1 Å². The summed E-state index contributed by atoms with van der Waals surface area (Å²) in [4.78, 5) is 15.5. The maximum atomic E-state index is 6.08. The predicted molar refractivity (Wildman–Crippen MR) is 91.2 cm³/mol. The fourth-order valence-corrected chi connectivity index (χ4v) is 3.08. The van der Waals surface area contributed by atoms with Crippen molar-refractivity contribution in [3.8, 4) is 5.88 Å². The van der Waals surface area contributed by atoms with Crippen LogP contribution in [0.2, 0.25) is 5.02 Å². The summed E-state index contributed by atoms with van der Waals surface area (Å²) in [7, 11) is 0. The molecule has 122 valence electrons. The zero-order chi connectivity index (χ0) is 16.2. The largest absolute Gasteiger partial charge is 0.476 e. The number of hydrogen-bond donors (Lipinski definition) is 0. The van der Waals surface area contributed by atoms with Crippen LogP contribution in [-0.2, 0) is 0 Å². The molecule has 0 bridgehead atoms. The summed E-state index contributed by atoms with van der Waals surface area (Å²) >= 11 is 6.08. The average Bonchev–Trinajstić information content (AvgIpc) is 2.53. The van der Waals surface area contributed by atoms with E-state index in [2.05, 4.69) is 19.9 Å². The maximum Gasteiger partial charge on any atom is 0.232 e. The molecular weight excluding hydrogens is 312 g/mol. The quantitative estimate of drug-likeness (QED) is 0.858. The fourth-order valence-electron chi connectivity index (χ4n) is 2.91. The van der Waals surface area contributed by atoms with Gasteiger partial charge < -0.3 is 9.64 Å². The minimum atomic E-state index is 0.422. The van der Waals surface area contributed by atoms with Crippen molar-refractivity contribution >= 4 is 17.5 Å². The molecule has 0 saturated carbocycles. The van der Waals surface area contributed by atoms with Crippen LogP contribution in [0.3, 0.4) is 0 Å². The molecule has 23 heavy (non-hydrogen) atoms. The molecule has 1 saturated heterocycles. The van der Waals surface area contributed by atoms with Gasteiger partial charge in [-0.25, -0.2) is 15.0 Å². The van der Waals surface area contributed by atoms with E-state index in [0.717, 1.165) is 43.3 Å². The zero-order valence-electron chi connectivity index (χ0n) is 13.5.